The van der Waals surface area contributed by atoms with Gasteiger partial charge in [0, 0.05) is 0 Å². The second-order valence-corrected chi connectivity index (χ2v) is 12.4. The van der Waals surface area contributed by atoms with E-state index in [2.05, 4.69) is 53.7 Å². The number of hydrogen-bond acceptors (Lipinski definition) is 3. The van der Waals surface area contributed by atoms with Crippen LogP contribution in [-0.4, -0.2) is 33.6 Å². The number of aliphatic hydroxyl groups excluding tert-OH is 3. The Hall–Kier alpha value is -0.640. The summed E-state index contributed by atoms with van der Waals surface area (Å²) < 4.78 is 0. The highest BCUT2D eigenvalue weighted by Crippen LogP contribution is 2.65. The summed E-state index contributed by atoms with van der Waals surface area (Å²) in [4.78, 5) is 0. The molecular formula is C28H46O3. The van der Waals surface area contributed by atoms with Crippen molar-refractivity contribution < 1.29 is 15.3 Å². The summed E-state index contributed by atoms with van der Waals surface area (Å²) in [6.45, 7) is 14.0. The van der Waals surface area contributed by atoms with Crippen LogP contribution < -0.4 is 0 Å². The SMILES string of the molecule is CC(C)[C@@H](C)C=C[C@@H](C)[C@H]1CC[C@H]2C3=C(CC[C@]12C)[C@@]1(C)CCC(O)CC1C(O)C3O. The van der Waals surface area contributed by atoms with E-state index in [9.17, 15) is 15.3 Å². The van der Waals surface area contributed by atoms with Crippen LogP contribution in [0, 0.1) is 46.3 Å². The lowest BCUT2D eigenvalue weighted by molar-refractivity contribution is -0.0985. The van der Waals surface area contributed by atoms with Gasteiger partial charge < -0.3 is 15.3 Å². The van der Waals surface area contributed by atoms with Gasteiger partial charge in [-0.3, -0.25) is 0 Å². The molecule has 3 heteroatoms. The first-order chi connectivity index (χ1) is 14.5. The standard InChI is InChI=1S/C28H46O3/c1-16(2)17(3)7-8-18(4)20-9-10-21-24-22(12-14-27(20,21)5)28(6)13-11-19(29)15-23(28)25(30)26(24)31/h7-8,16-21,23,25-26,29-31H,9-15H2,1-6H3/t17-,18+,19?,20+,21-,23?,25?,26?,27+,28+/m0/s1. The van der Waals surface area contributed by atoms with Gasteiger partial charge in [-0.15, -0.1) is 0 Å². The lowest BCUT2D eigenvalue weighted by Crippen LogP contribution is -2.56. The summed E-state index contributed by atoms with van der Waals surface area (Å²) >= 11 is 0. The zero-order chi connectivity index (χ0) is 22.7. The Morgan fingerprint density at radius 1 is 0.935 bits per heavy atom. The quantitative estimate of drug-likeness (QED) is 0.516. The highest BCUT2D eigenvalue weighted by Gasteiger charge is 2.59. The monoisotopic (exact) mass is 430 g/mol. The maximum Gasteiger partial charge on any atom is 0.102 e. The molecule has 4 aliphatic rings. The van der Waals surface area contributed by atoms with Gasteiger partial charge in [-0.05, 0) is 96.9 Å². The average molecular weight is 431 g/mol. The lowest BCUT2D eigenvalue weighted by atomic mass is 9.49. The third-order valence-corrected chi connectivity index (χ3v) is 10.5. The Morgan fingerprint density at radius 3 is 2.32 bits per heavy atom. The fraction of sp³-hybridized carbons (Fsp3) is 0.857. The Kier molecular flexibility index (Phi) is 6.29. The van der Waals surface area contributed by atoms with Crippen molar-refractivity contribution in [3.8, 4) is 0 Å². The highest BCUT2D eigenvalue weighted by atomic mass is 16.3. The van der Waals surface area contributed by atoms with Gasteiger partial charge in [0.15, 0.2) is 0 Å². The van der Waals surface area contributed by atoms with E-state index in [-0.39, 0.29) is 22.9 Å². The predicted molar refractivity (Wildman–Crippen MR) is 126 cm³/mol. The van der Waals surface area contributed by atoms with Gasteiger partial charge >= 0.3 is 0 Å². The lowest BCUT2D eigenvalue weighted by Gasteiger charge is -2.57. The molecule has 3 N–H and O–H groups in total. The molecule has 0 radical (unpaired) electrons. The largest absolute Gasteiger partial charge is 0.393 e. The molecule has 4 rings (SSSR count). The summed E-state index contributed by atoms with van der Waals surface area (Å²) in [5.74, 6) is 2.79. The fourth-order valence-electron chi connectivity index (χ4n) is 8.07. The maximum absolute atomic E-state index is 11.3. The molecule has 0 saturated heterocycles. The molecule has 0 aromatic carbocycles. The second kappa shape index (κ2) is 8.29. The van der Waals surface area contributed by atoms with Crippen molar-refractivity contribution in [2.75, 3.05) is 0 Å². The summed E-state index contributed by atoms with van der Waals surface area (Å²) in [6, 6.07) is 0. The molecule has 176 valence electrons. The first-order valence-corrected chi connectivity index (χ1v) is 13.0. The molecule has 31 heavy (non-hydrogen) atoms. The number of rotatable bonds is 4. The van der Waals surface area contributed by atoms with Gasteiger partial charge in [-0.1, -0.05) is 59.3 Å². The highest BCUT2D eigenvalue weighted by molar-refractivity contribution is 5.38. The smallest absolute Gasteiger partial charge is 0.102 e. The molecule has 0 spiro atoms. The van der Waals surface area contributed by atoms with E-state index in [1.807, 2.05) is 0 Å². The minimum absolute atomic E-state index is 0.0223. The number of aliphatic hydroxyl groups is 3. The van der Waals surface area contributed by atoms with E-state index < -0.39 is 12.2 Å². The van der Waals surface area contributed by atoms with E-state index >= 15 is 0 Å². The molecule has 4 unspecified atom stereocenters. The minimum atomic E-state index is -0.756. The predicted octanol–water partition coefficient (Wildman–Crippen LogP) is 5.50. The Labute approximate surface area is 190 Å². The van der Waals surface area contributed by atoms with Gasteiger partial charge in [-0.25, -0.2) is 0 Å². The summed E-state index contributed by atoms with van der Waals surface area (Å²) in [5, 5.41) is 32.8. The van der Waals surface area contributed by atoms with Gasteiger partial charge in [0.2, 0.25) is 0 Å². The molecule has 3 nitrogen and oxygen atoms in total. The van der Waals surface area contributed by atoms with Crippen LogP contribution in [0.3, 0.4) is 0 Å². The van der Waals surface area contributed by atoms with E-state index in [1.165, 1.54) is 24.0 Å². The summed E-state index contributed by atoms with van der Waals surface area (Å²) in [7, 11) is 0. The van der Waals surface area contributed by atoms with Crippen molar-refractivity contribution in [3.63, 3.8) is 0 Å². The maximum atomic E-state index is 11.3. The Morgan fingerprint density at radius 2 is 1.65 bits per heavy atom. The van der Waals surface area contributed by atoms with Crippen LogP contribution in [0.4, 0.5) is 0 Å². The van der Waals surface area contributed by atoms with Crippen molar-refractivity contribution in [1.82, 2.24) is 0 Å². The number of hydrogen-bond donors (Lipinski definition) is 3. The Balaban J connectivity index is 1.64. The first-order valence-electron chi connectivity index (χ1n) is 13.0. The normalized spacial score (nSPS) is 47.3. The topological polar surface area (TPSA) is 60.7 Å². The molecule has 2 fully saturated rings. The number of allylic oxidation sites excluding steroid dienone is 3. The molecule has 0 aromatic heterocycles. The van der Waals surface area contributed by atoms with Crippen molar-refractivity contribution in [3.05, 3.63) is 23.3 Å². The van der Waals surface area contributed by atoms with Crippen molar-refractivity contribution >= 4 is 0 Å². The summed E-state index contributed by atoms with van der Waals surface area (Å²) in [6.07, 6.45) is 9.96. The zero-order valence-electron chi connectivity index (χ0n) is 20.6. The van der Waals surface area contributed by atoms with Crippen molar-refractivity contribution in [2.24, 2.45) is 46.3 Å². The third-order valence-electron chi connectivity index (χ3n) is 10.5. The van der Waals surface area contributed by atoms with Crippen molar-refractivity contribution in [1.29, 1.82) is 0 Å². The molecule has 10 atom stereocenters. The number of fused-ring (bicyclic) bond motifs is 4. The molecule has 2 saturated carbocycles. The van der Waals surface area contributed by atoms with Crippen LogP contribution in [0.25, 0.3) is 0 Å². The van der Waals surface area contributed by atoms with Gasteiger partial charge in [0.25, 0.3) is 0 Å². The molecule has 0 heterocycles. The van der Waals surface area contributed by atoms with E-state index in [1.54, 1.807) is 0 Å². The van der Waals surface area contributed by atoms with E-state index in [0.717, 1.165) is 25.7 Å². The fourth-order valence-corrected chi connectivity index (χ4v) is 8.07. The van der Waals surface area contributed by atoms with Crippen LogP contribution in [0.1, 0.15) is 86.5 Å². The first kappa shape index (κ1) is 23.5. The second-order valence-electron chi connectivity index (χ2n) is 12.4. The molecule has 0 bridgehead atoms. The molecule has 0 aliphatic heterocycles. The molecule has 0 amide bonds. The third kappa shape index (κ3) is 3.67. The van der Waals surface area contributed by atoms with Crippen LogP contribution in [0.15, 0.2) is 23.3 Å². The van der Waals surface area contributed by atoms with Gasteiger partial charge in [0.1, 0.15) is 6.10 Å². The van der Waals surface area contributed by atoms with Crippen LogP contribution in [0.5, 0.6) is 0 Å². The van der Waals surface area contributed by atoms with E-state index in [0.29, 0.717) is 36.0 Å². The molecule has 0 aromatic rings. The van der Waals surface area contributed by atoms with Crippen LogP contribution in [0.2, 0.25) is 0 Å². The van der Waals surface area contributed by atoms with Crippen molar-refractivity contribution in [2.45, 2.75) is 105 Å². The van der Waals surface area contributed by atoms with Crippen LogP contribution in [-0.2, 0) is 0 Å². The molecular weight excluding hydrogens is 384 g/mol. The van der Waals surface area contributed by atoms with Gasteiger partial charge in [0.05, 0.1) is 12.2 Å². The molecule has 4 aliphatic carbocycles. The van der Waals surface area contributed by atoms with E-state index in [4.69, 9.17) is 0 Å². The van der Waals surface area contributed by atoms with Gasteiger partial charge in [-0.2, -0.15) is 0 Å². The average Bonchev–Trinajstić information content (AvgIpc) is 3.08. The van der Waals surface area contributed by atoms with Crippen LogP contribution >= 0.6 is 0 Å². The Bertz CT molecular complexity index is 739. The minimum Gasteiger partial charge on any atom is -0.393 e. The summed E-state index contributed by atoms with van der Waals surface area (Å²) in [5.41, 5.74) is 2.78. The zero-order valence-corrected chi connectivity index (χ0v) is 20.6.